The van der Waals surface area contributed by atoms with Crippen molar-refractivity contribution in [1.29, 1.82) is 0 Å². The normalized spacial score (nSPS) is 15.5. The molecule has 0 bridgehead atoms. The number of aromatic amines is 1. The monoisotopic (exact) mass is 415 g/mol. The zero-order valence-corrected chi connectivity index (χ0v) is 17.1. The van der Waals surface area contributed by atoms with Crippen LogP contribution in [0.1, 0.15) is 22.9 Å². The molecule has 4 aromatic rings. The molecule has 2 N–H and O–H groups in total. The molecule has 1 unspecified atom stereocenters. The lowest BCUT2D eigenvalue weighted by Crippen LogP contribution is -2.43. The Kier molecular flexibility index (Phi) is 4.82. The Morgan fingerprint density at radius 3 is 2.61 bits per heavy atom. The SMILES string of the molecule is COc1ccccc1NC(=O)N1CCc2c([nH]c3ccccc23)C1c1ccc(F)cc1. The van der Waals surface area contributed by atoms with E-state index in [-0.39, 0.29) is 17.9 Å². The summed E-state index contributed by atoms with van der Waals surface area (Å²) in [7, 11) is 1.57. The highest BCUT2D eigenvalue weighted by atomic mass is 19.1. The second-order valence-corrected chi connectivity index (χ2v) is 7.59. The van der Waals surface area contributed by atoms with Crippen molar-refractivity contribution in [1.82, 2.24) is 9.88 Å². The van der Waals surface area contributed by atoms with Crippen LogP contribution in [-0.2, 0) is 6.42 Å². The van der Waals surface area contributed by atoms with Crippen LogP contribution in [0.3, 0.4) is 0 Å². The number of hydrogen-bond acceptors (Lipinski definition) is 2. The maximum atomic E-state index is 13.6. The van der Waals surface area contributed by atoms with Crippen molar-refractivity contribution in [3.8, 4) is 5.75 Å². The standard InChI is InChI=1S/C25H22FN3O2/c1-31-22-9-5-4-8-21(22)28-25(30)29-15-14-19-18-6-2-3-7-20(18)27-23(19)24(29)16-10-12-17(26)13-11-16/h2-13,24,27H,14-15H2,1H3,(H,28,30). The summed E-state index contributed by atoms with van der Waals surface area (Å²) in [6.07, 6.45) is 0.733. The Labute approximate surface area is 179 Å². The molecule has 5 rings (SSSR count). The third-order valence-electron chi connectivity index (χ3n) is 5.83. The number of methoxy groups -OCH3 is 1. The minimum atomic E-state index is -0.355. The molecule has 1 atom stereocenters. The van der Waals surface area contributed by atoms with Gasteiger partial charge in [-0.1, -0.05) is 42.5 Å². The highest BCUT2D eigenvalue weighted by Crippen LogP contribution is 2.39. The third kappa shape index (κ3) is 3.40. The number of hydrogen-bond donors (Lipinski definition) is 2. The summed E-state index contributed by atoms with van der Waals surface area (Å²) in [4.78, 5) is 18.7. The van der Waals surface area contributed by atoms with Crippen molar-refractivity contribution in [2.24, 2.45) is 0 Å². The summed E-state index contributed by atoms with van der Waals surface area (Å²) < 4.78 is 19.0. The number of halogens is 1. The van der Waals surface area contributed by atoms with Gasteiger partial charge in [0.25, 0.3) is 0 Å². The number of para-hydroxylation sites is 3. The number of urea groups is 1. The highest BCUT2D eigenvalue weighted by Gasteiger charge is 2.34. The molecule has 0 fully saturated rings. The molecule has 1 aromatic heterocycles. The molecule has 1 aliphatic rings. The fourth-order valence-corrected chi connectivity index (χ4v) is 4.39. The first-order valence-corrected chi connectivity index (χ1v) is 10.2. The van der Waals surface area contributed by atoms with Gasteiger partial charge in [0.05, 0.1) is 18.8 Å². The highest BCUT2D eigenvalue weighted by molar-refractivity contribution is 5.92. The van der Waals surface area contributed by atoms with E-state index in [4.69, 9.17) is 4.74 Å². The second-order valence-electron chi connectivity index (χ2n) is 7.59. The molecule has 0 spiro atoms. The zero-order valence-electron chi connectivity index (χ0n) is 17.1. The molecule has 0 radical (unpaired) electrons. The van der Waals surface area contributed by atoms with E-state index >= 15 is 0 Å². The van der Waals surface area contributed by atoms with Gasteiger partial charge in [0.1, 0.15) is 11.6 Å². The molecule has 156 valence electrons. The van der Waals surface area contributed by atoms with Crippen LogP contribution < -0.4 is 10.1 Å². The largest absolute Gasteiger partial charge is 0.495 e. The zero-order chi connectivity index (χ0) is 21.4. The van der Waals surface area contributed by atoms with Gasteiger partial charge in [0, 0.05) is 23.1 Å². The molecule has 0 saturated heterocycles. The van der Waals surface area contributed by atoms with Gasteiger partial charge in [0.2, 0.25) is 0 Å². The Hall–Kier alpha value is -3.80. The minimum absolute atomic E-state index is 0.233. The van der Waals surface area contributed by atoms with Gasteiger partial charge in [-0.3, -0.25) is 0 Å². The lowest BCUT2D eigenvalue weighted by molar-refractivity contribution is 0.193. The quantitative estimate of drug-likeness (QED) is 0.465. The van der Waals surface area contributed by atoms with E-state index in [1.54, 1.807) is 30.2 Å². The van der Waals surface area contributed by atoms with Crippen molar-refractivity contribution in [3.63, 3.8) is 0 Å². The number of fused-ring (bicyclic) bond motifs is 3. The Balaban J connectivity index is 1.57. The molecule has 1 aliphatic heterocycles. The molecule has 31 heavy (non-hydrogen) atoms. The second kappa shape index (κ2) is 7.80. The number of anilines is 1. The number of ether oxygens (including phenoxy) is 1. The first kappa shape index (κ1) is 19.2. The molecule has 0 aliphatic carbocycles. The van der Waals surface area contributed by atoms with Gasteiger partial charge in [-0.05, 0) is 47.9 Å². The number of aromatic nitrogens is 1. The number of rotatable bonds is 3. The molecule has 6 heteroatoms. The van der Waals surface area contributed by atoms with E-state index in [0.29, 0.717) is 18.0 Å². The van der Waals surface area contributed by atoms with Gasteiger partial charge < -0.3 is 19.9 Å². The van der Waals surface area contributed by atoms with E-state index in [9.17, 15) is 9.18 Å². The summed E-state index contributed by atoms with van der Waals surface area (Å²) in [6, 6.07) is 21.2. The van der Waals surface area contributed by atoms with Crippen LogP contribution in [0.15, 0.2) is 72.8 Å². The topological polar surface area (TPSA) is 57.4 Å². The number of H-pyrrole nitrogens is 1. The van der Waals surface area contributed by atoms with Gasteiger partial charge >= 0.3 is 6.03 Å². The van der Waals surface area contributed by atoms with Crippen LogP contribution in [0.2, 0.25) is 0 Å². The smallest absolute Gasteiger partial charge is 0.322 e. The van der Waals surface area contributed by atoms with Crippen LogP contribution in [0, 0.1) is 5.82 Å². The van der Waals surface area contributed by atoms with E-state index < -0.39 is 0 Å². The van der Waals surface area contributed by atoms with Gasteiger partial charge in [-0.15, -0.1) is 0 Å². The van der Waals surface area contributed by atoms with Gasteiger partial charge in [0.15, 0.2) is 0 Å². The average molecular weight is 415 g/mol. The number of carbonyl (C=O) groups is 1. The number of benzene rings is 3. The molecule has 2 heterocycles. The van der Waals surface area contributed by atoms with Crippen molar-refractivity contribution in [2.75, 3.05) is 19.0 Å². The lowest BCUT2D eigenvalue weighted by atomic mass is 9.92. The van der Waals surface area contributed by atoms with Crippen LogP contribution in [0.5, 0.6) is 5.75 Å². The van der Waals surface area contributed by atoms with Crippen LogP contribution in [0.4, 0.5) is 14.9 Å². The Morgan fingerprint density at radius 1 is 1.06 bits per heavy atom. The predicted octanol–water partition coefficient (Wildman–Crippen LogP) is 5.50. The maximum absolute atomic E-state index is 13.6. The molecule has 5 nitrogen and oxygen atoms in total. The van der Waals surface area contributed by atoms with Crippen molar-refractivity contribution in [3.05, 3.63) is 95.4 Å². The number of amides is 2. The fourth-order valence-electron chi connectivity index (χ4n) is 4.39. The molecular weight excluding hydrogens is 393 g/mol. The summed E-state index contributed by atoms with van der Waals surface area (Å²) in [5.41, 5.74) is 4.66. The molecule has 0 saturated carbocycles. The van der Waals surface area contributed by atoms with Gasteiger partial charge in [-0.25, -0.2) is 9.18 Å². The molecular formula is C25H22FN3O2. The molecule has 2 amide bonds. The third-order valence-corrected chi connectivity index (χ3v) is 5.83. The van der Waals surface area contributed by atoms with Crippen LogP contribution >= 0.6 is 0 Å². The van der Waals surface area contributed by atoms with E-state index in [1.165, 1.54) is 17.7 Å². The summed E-state index contributed by atoms with van der Waals surface area (Å²) in [6.45, 7) is 0.540. The van der Waals surface area contributed by atoms with E-state index in [1.807, 2.05) is 36.4 Å². The minimum Gasteiger partial charge on any atom is -0.495 e. The van der Waals surface area contributed by atoms with Crippen molar-refractivity contribution in [2.45, 2.75) is 12.5 Å². The van der Waals surface area contributed by atoms with Crippen molar-refractivity contribution >= 4 is 22.6 Å². The Morgan fingerprint density at radius 2 is 1.81 bits per heavy atom. The van der Waals surface area contributed by atoms with E-state index in [0.717, 1.165) is 28.6 Å². The Bertz CT molecular complexity index is 1250. The number of nitrogens with zero attached hydrogens (tertiary/aromatic N) is 1. The van der Waals surface area contributed by atoms with E-state index in [2.05, 4.69) is 16.4 Å². The summed E-state index contributed by atoms with van der Waals surface area (Å²) in [5, 5.41) is 4.14. The number of nitrogens with one attached hydrogen (secondary N) is 2. The van der Waals surface area contributed by atoms with Crippen LogP contribution in [0.25, 0.3) is 10.9 Å². The summed E-state index contributed by atoms with van der Waals surface area (Å²) in [5.74, 6) is 0.291. The first-order valence-electron chi connectivity index (χ1n) is 10.2. The maximum Gasteiger partial charge on any atom is 0.322 e. The van der Waals surface area contributed by atoms with Crippen LogP contribution in [-0.4, -0.2) is 29.6 Å². The first-order chi connectivity index (χ1) is 15.2. The van der Waals surface area contributed by atoms with Crippen molar-refractivity contribution < 1.29 is 13.9 Å². The predicted molar refractivity (Wildman–Crippen MR) is 119 cm³/mol. The fraction of sp³-hybridized carbons (Fsp3) is 0.160. The average Bonchev–Trinajstić information content (AvgIpc) is 3.18. The molecule has 3 aromatic carbocycles. The van der Waals surface area contributed by atoms with Gasteiger partial charge in [-0.2, -0.15) is 0 Å². The lowest BCUT2D eigenvalue weighted by Gasteiger charge is -2.36. The summed E-state index contributed by atoms with van der Waals surface area (Å²) >= 11 is 0. The number of carbonyl (C=O) groups excluding carboxylic acids is 1.